The summed E-state index contributed by atoms with van der Waals surface area (Å²) in [6, 6.07) is 6.25. The first-order chi connectivity index (χ1) is 6.86. The van der Waals surface area contributed by atoms with Crippen LogP contribution in [0.4, 0.5) is 0 Å². The van der Waals surface area contributed by atoms with Gasteiger partial charge in [0.2, 0.25) is 0 Å². The van der Waals surface area contributed by atoms with Crippen molar-refractivity contribution < 1.29 is 4.74 Å². The molecule has 14 heavy (non-hydrogen) atoms. The van der Waals surface area contributed by atoms with E-state index in [1.165, 1.54) is 21.2 Å². The number of fused-ring (bicyclic) bond motifs is 1. The third kappa shape index (κ3) is 1.54. The van der Waals surface area contributed by atoms with Crippen LogP contribution >= 0.6 is 11.3 Å². The van der Waals surface area contributed by atoms with Crippen LogP contribution in [-0.2, 0) is 17.9 Å². The first-order valence-corrected chi connectivity index (χ1v) is 5.41. The maximum absolute atomic E-state index is 5.70. The normalized spacial score (nSPS) is 11.0. The molecule has 0 atom stereocenters. The van der Waals surface area contributed by atoms with E-state index in [2.05, 4.69) is 23.6 Å². The van der Waals surface area contributed by atoms with E-state index in [1.54, 1.807) is 18.4 Å². The molecular weight excluding hydrogens is 194 g/mol. The lowest BCUT2D eigenvalue weighted by Crippen LogP contribution is -1.97. The second kappa shape index (κ2) is 4.09. The van der Waals surface area contributed by atoms with E-state index in [-0.39, 0.29) is 0 Å². The summed E-state index contributed by atoms with van der Waals surface area (Å²) in [7, 11) is 1.72. The number of thiophene rings is 1. The molecule has 0 amide bonds. The van der Waals surface area contributed by atoms with Gasteiger partial charge in [-0.15, -0.1) is 11.3 Å². The van der Waals surface area contributed by atoms with Crippen LogP contribution in [0.5, 0.6) is 0 Å². The number of rotatable bonds is 3. The molecule has 2 rings (SSSR count). The number of ether oxygens (including phenoxy) is 1. The Balaban J connectivity index is 2.62. The van der Waals surface area contributed by atoms with Crippen LogP contribution in [0.3, 0.4) is 0 Å². The summed E-state index contributed by atoms with van der Waals surface area (Å²) < 4.78 is 6.45. The van der Waals surface area contributed by atoms with Crippen molar-refractivity contribution in [2.45, 2.75) is 13.2 Å². The monoisotopic (exact) mass is 207 g/mol. The summed E-state index contributed by atoms with van der Waals surface area (Å²) in [5.74, 6) is 0. The zero-order valence-electron chi connectivity index (χ0n) is 8.12. The summed E-state index contributed by atoms with van der Waals surface area (Å²) in [4.78, 5) is 0. The molecule has 0 bridgehead atoms. The van der Waals surface area contributed by atoms with Gasteiger partial charge < -0.3 is 10.5 Å². The first-order valence-electron chi connectivity index (χ1n) is 4.53. The number of nitrogens with two attached hydrogens (primary N) is 1. The highest BCUT2D eigenvalue weighted by atomic mass is 32.1. The molecule has 1 heterocycles. The second-order valence-electron chi connectivity index (χ2n) is 3.19. The van der Waals surface area contributed by atoms with Crippen molar-refractivity contribution in [1.29, 1.82) is 0 Å². The highest BCUT2D eigenvalue weighted by Crippen LogP contribution is 2.29. The molecule has 3 heteroatoms. The minimum Gasteiger partial charge on any atom is -0.380 e. The van der Waals surface area contributed by atoms with Crippen molar-refractivity contribution in [3.8, 4) is 0 Å². The lowest BCUT2D eigenvalue weighted by molar-refractivity contribution is 0.186. The maximum Gasteiger partial charge on any atom is 0.0727 e. The first kappa shape index (κ1) is 9.65. The molecule has 0 aliphatic heterocycles. The minimum absolute atomic E-state index is 0.588. The van der Waals surface area contributed by atoms with Crippen LogP contribution in [0, 0.1) is 0 Å². The molecule has 0 saturated carbocycles. The van der Waals surface area contributed by atoms with Crippen molar-refractivity contribution in [2.75, 3.05) is 7.11 Å². The lowest BCUT2D eigenvalue weighted by atomic mass is 10.1. The molecule has 0 aliphatic rings. The molecule has 0 saturated heterocycles. The van der Waals surface area contributed by atoms with Crippen molar-refractivity contribution in [3.63, 3.8) is 0 Å². The van der Waals surface area contributed by atoms with E-state index in [4.69, 9.17) is 10.5 Å². The molecule has 2 aromatic rings. The fraction of sp³-hybridized carbons (Fsp3) is 0.273. The Hall–Kier alpha value is -0.900. The third-order valence-corrected chi connectivity index (χ3v) is 3.28. The molecule has 0 spiro atoms. The molecule has 0 aliphatic carbocycles. The third-order valence-electron chi connectivity index (χ3n) is 2.28. The Morgan fingerprint density at radius 2 is 2.21 bits per heavy atom. The molecule has 1 aromatic carbocycles. The van der Waals surface area contributed by atoms with Gasteiger partial charge in [-0.05, 0) is 22.6 Å². The van der Waals surface area contributed by atoms with Crippen LogP contribution in [0.1, 0.15) is 11.1 Å². The topological polar surface area (TPSA) is 35.2 Å². The van der Waals surface area contributed by atoms with Gasteiger partial charge in [-0.1, -0.05) is 12.1 Å². The highest BCUT2D eigenvalue weighted by molar-refractivity contribution is 7.17. The van der Waals surface area contributed by atoms with Gasteiger partial charge in [0.1, 0.15) is 0 Å². The van der Waals surface area contributed by atoms with Gasteiger partial charge in [0.25, 0.3) is 0 Å². The molecule has 74 valence electrons. The molecule has 2 N–H and O–H groups in total. The van der Waals surface area contributed by atoms with Gasteiger partial charge in [0.05, 0.1) is 6.61 Å². The average Bonchev–Trinajstić information content (AvgIpc) is 2.62. The minimum atomic E-state index is 0.588. The molecule has 0 radical (unpaired) electrons. The van der Waals surface area contributed by atoms with Crippen molar-refractivity contribution in [2.24, 2.45) is 5.73 Å². The molecular formula is C11H13NOS. The summed E-state index contributed by atoms with van der Waals surface area (Å²) in [6.45, 7) is 1.25. The zero-order valence-corrected chi connectivity index (χ0v) is 8.93. The van der Waals surface area contributed by atoms with Crippen LogP contribution < -0.4 is 5.73 Å². The van der Waals surface area contributed by atoms with E-state index in [0.29, 0.717) is 13.2 Å². The van der Waals surface area contributed by atoms with Crippen molar-refractivity contribution in [3.05, 3.63) is 34.7 Å². The molecule has 0 unspecified atom stereocenters. The standard InChI is InChI=1S/C11H13NOS/c1-13-6-9-7-14-10-4-2-3-8(5-12)11(9)10/h2-4,7H,5-6,12H2,1H3. The van der Waals surface area contributed by atoms with E-state index in [0.717, 1.165) is 0 Å². The Morgan fingerprint density at radius 1 is 1.36 bits per heavy atom. The zero-order chi connectivity index (χ0) is 9.97. The predicted octanol–water partition coefficient (Wildman–Crippen LogP) is 2.51. The van der Waals surface area contributed by atoms with Crippen LogP contribution in [0.15, 0.2) is 23.6 Å². The lowest BCUT2D eigenvalue weighted by Gasteiger charge is -2.02. The van der Waals surface area contributed by atoms with Crippen molar-refractivity contribution in [1.82, 2.24) is 0 Å². The summed E-state index contributed by atoms with van der Waals surface area (Å²) in [5, 5.41) is 3.43. The second-order valence-corrected chi connectivity index (χ2v) is 4.10. The Morgan fingerprint density at radius 3 is 2.93 bits per heavy atom. The van der Waals surface area contributed by atoms with Gasteiger partial charge in [0, 0.05) is 23.7 Å². The van der Waals surface area contributed by atoms with E-state index in [9.17, 15) is 0 Å². The quantitative estimate of drug-likeness (QED) is 0.839. The Bertz CT molecular complexity index is 436. The molecule has 2 nitrogen and oxygen atoms in total. The predicted molar refractivity (Wildman–Crippen MR) is 60.4 cm³/mol. The molecule has 1 aromatic heterocycles. The maximum atomic E-state index is 5.70. The highest BCUT2D eigenvalue weighted by Gasteiger charge is 2.06. The van der Waals surface area contributed by atoms with E-state index >= 15 is 0 Å². The summed E-state index contributed by atoms with van der Waals surface area (Å²) in [6.07, 6.45) is 0. The van der Waals surface area contributed by atoms with Gasteiger partial charge in [-0.3, -0.25) is 0 Å². The summed E-state index contributed by atoms with van der Waals surface area (Å²) in [5.41, 5.74) is 8.15. The average molecular weight is 207 g/mol. The van der Waals surface area contributed by atoms with Gasteiger partial charge >= 0.3 is 0 Å². The van der Waals surface area contributed by atoms with Gasteiger partial charge in [-0.25, -0.2) is 0 Å². The van der Waals surface area contributed by atoms with Crippen LogP contribution in [0.2, 0.25) is 0 Å². The van der Waals surface area contributed by atoms with Gasteiger partial charge in [-0.2, -0.15) is 0 Å². The van der Waals surface area contributed by atoms with Crippen molar-refractivity contribution >= 4 is 21.4 Å². The fourth-order valence-electron chi connectivity index (χ4n) is 1.66. The largest absolute Gasteiger partial charge is 0.380 e. The fourth-order valence-corrected chi connectivity index (χ4v) is 2.66. The van der Waals surface area contributed by atoms with E-state index in [1.807, 2.05) is 0 Å². The Labute approximate surface area is 87.3 Å². The molecule has 0 fully saturated rings. The Kier molecular flexibility index (Phi) is 2.82. The SMILES string of the molecule is COCc1csc2cccc(CN)c12. The smallest absolute Gasteiger partial charge is 0.0727 e. The number of methoxy groups -OCH3 is 1. The van der Waals surface area contributed by atoms with Gasteiger partial charge in [0.15, 0.2) is 0 Å². The van der Waals surface area contributed by atoms with Crippen LogP contribution in [0.25, 0.3) is 10.1 Å². The number of benzene rings is 1. The number of hydrogen-bond acceptors (Lipinski definition) is 3. The van der Waals surface area contributed by atoms with E-state index < -0.39 is 0 Å². The summed E-state index contributed by atoms with van der Waals surface area (Å²) >= 11 is 1.75. The van der Waals surface area contributed by atoms with Crippen LogP contribution in [-0.4, -0.2) is 7.11 Å². The number of hydrogen-bond donors (Lipinski definition) is 1.